The second-order valence-corrected chi connectivity index (χ2v) is 5.45. The number of anilines is 2. The smallest absolute Gasteiger partial charge is 0.414 e. The Balaban J connectivity index is 1.71. The maximum Gasteiger partial charge on any atom is 0.414 e. The molecule has 2 saturated heterocycles. The zero-order chi connectivity index (χ0) is 15.7. The fourth-order valence-corrected chi connectivity index (χ4v) is 2.69. The van der Waals surface area contributed by atoms with Crippen LogP contribution in [0.3, 0.4) is 0 Å². The number of piperidine rings is 1. The third kappa shape index (κ3) is 2.76. The fourth-order valence-electron chi connectivity index (χ4n) is 2.69. The molecular formula is C15H17FN2O4. The van der Waals surface area contributed by atoms with E-state index in [4.69, 9.17) is 9.84 Å². The molecule has 2 unspecified atom stereocenters. The van der Waals surface area contributed by atoms with Gasteiger partial charge in [0.15, 0.2) is 12.0 Å². The summed E-state index contributed by atoms with van der Waals surface area (Å²) in [5.74, 6) is -0.345. The summed E-state index contributed by atoms with van der Waals surface area (Å²) in [6, 6.07) is 7.08. The molecule has 1 aromatic carbocycles. The first kappa shape index (κ1) is 14.8. The number of ketones is 1. The standard InChI is InChI=1S/C15H17FN2O4/c16-13-8-17(6-5-14(13)20)10-1-3-11(4-2-10)18-7-12(9-19)22-15(18)21/h1-4,12-13,19H,5-9H2. The molecule has 0 aliphatic carbocycles. The van der Waals surface area contributed by atoms with Crippen LogP contribution in [0.4, 0.5) is 20.6 Å². The summed E-state index contributed by atoms with van der Waals surface area (Å²) in [6.07, 6.45) is -2.22. The van der Waals surface area contributed by atoms with E-state index in [-0.39, 0.29) is 25.4 Å². The van der Waals surface area contributed by atoms with Crippen molar-refractivity contribution in [2.24, 2.45) is 0 Å². The number of cyclic esters (lactones) is 1. The molecule has 1 amide bonds. The summed E-state index contributed by atoms with van der Waals surface area (Å²) in [7, 11) is 0. The molecular weight excluding hydrogens is 291 g/mol. The number of hydrogen-bond donors (Lipinski definition) is 1. The summed E-state index contributed by atoms with van der Waals surface area (Å²) in [6.45, 7) is 0.660. The van der Waals surface area contributed by atoms with Gasteiger partial charge < -0.3 is 14.7 Å². The average Bonchev–Trinajstić information content (AvgIpc) is 2.91. The van der Waals surface area contributed by atoms with Crippen molar-refractivity contribution in [3.8, 4) is 0 Å². The average molecular weight is 308 g/mol. The van der Waals surface area contributed by atoms with E-state index in [2.05, 4.69) is 0 Å². The summed E-state index contributed by atoms with van der Waals surface area (Å²) in [5.41, 5.74) is 1.47. The monoisotopic (exact) mass is 308 g/mol. The van der Waals surface area contributed by atoms with Crippen LogP contribution in [0.5, 0.6) is 0 Å². The number of ether oxygens (including phenoxy) is 1. The van der Waals surface area contributed by atoms with Crippen molar-refractivity contribution in [2.45, 2.75) is 18.7 Å². The highest BCUT2D eigenvalue weighted by Crippen LogP contribution is 2.26. The Morgan fingerprint density at radius 2 is 1.86 bits per heavy atom. The van der Waals surface area contributed by atoms with E-state index < -0.39 is 18.4 Å². The highest BCUT2D eigenvalue weighted by atomic mass is 19.1. The normalized spacial score (nSPS) is 25.5. The number of hydrogen-bond acceptors (Lipinski definition) is 5. The zero-order valence-corrected chi connectivity index (χ0v) is 11.9. The number of nitrogens with zero attached hydrogens (tertiary/aromatic N) is 2. The summed E-state index contributed by atoms with van der Waals surface area (Å²) < 4.78 is 18.5. The molecule has 0 saturated carbocycles. The Morgan fingerprint density at radius 3 is 2.45 bits per heavy atom. The summed E-state index contributed by atoms with van der Waals surface area (Å²) >= 11 is 0. The molecule has 0 spiro atoms. The number of Topliss-reactive ketones (excluding diaryl/α,β-unsaturated/α-hetero) is 1. The van der Waals surface area contributed by atoms with Crippen molar-refractivity contribution in [2.75, 3.05) is 36.0 Å². The molecule has 2 aliphatic rings. The Bertz CT molecular complexity index is 577. The van der Waals surface area contributed by atoms with Gasteiger partial charge in [0.05, 0.1) is 19.7 Å². The van der Waals surface area contributed by atoms with Crippen LogP contribution in [0.2, 0.25) is 0 Å². The van der Waals surface area contributed by atoms with Gasteiger partial charge >= 0.3 is 6.09 Å². The number of halogens is 1. The quantitative estimate of drug-likeness (QED) is 0.906. The van der Waals surface area contributed by atoms with E-state index in [0.717, 1.165) is 5.69 Å². The van der Waals surface area contributed by atoms with E-state index in [1.165, 1.54) is 4.90 Å². The molecule has 2 heterocycles. The van der Waals surface area contributed by atoms with Gasteiger partial charge in [-0.25, -0.2) is 9.18 Å². The molecule has 118 valence electrons. The fraction of sp³-hybridized carbons (Fsp3) is 0.467. The van der Waals surface area contributed by atoms with E-state index in [1.807, 2.05) is 4.90 Å². The van der Waals surface area contributed by atoms with Crippen molar-refractivity contribution < 1.29 is 23.8 Å². The van der Waals surface area contributed by atoms with Crippen LogP contribution in [0.25, 0.3) is 0 Å². The van der Waals surface area contributed by atoms with Crippen LogP contribution in [0, 0.1) is 0 Å². The first-order valence-electron chi connectivity index (χ1n) is 7.19. The number of aliphatic hydroxyl groups excluding tert-OH is 1. The zero-order valence-electron chi connectivity index (χ0n) is 11.9. The van der Waals surface area contributed by atoms with Crippen LogP contribution in [0.15, 0.2) is 24.3 Å². The largest absolute Gasteiger partial charge is 0.441 e. The number of rotatable bonds is 3. The number of amides is 1. The van der Waals surface area contributed by atoms with Gasteiger partial charge in [-0.15, -0.1) is 0 Å². The minimum absolute atomic E-state index is 0.0660. The van der Waals surface area contributed by atoms with Gasteiger partial charge in [-0.1, -0.05) is 0 Å². The molecule has 1 aromatic rings. The van der Waals surface area contributed by atoms with Crippen LogP contribution in [-0.2, 0) is 9.53 Å². The second kappa shape index (κ2) is 5.92. The molecule has 1 N–H and O–H groups in total. The predicted octanol–water partition coefficient (Wildman–Crippen LogP) is 1.12. The van der Waals surface area contributed by atoms with Gasteiger partial charge in [-0.2, -0.15) is 0 Å². The van der Waals surface area contributed by atoms with E-state index >= 15 is 0 Å². The first-order valence-corrected chi connectivity index (χ1v) is 7.19. The topological polar surface area (TPSA) is 70.1 Å². The second-order valence-electron chi connectivity index (χ2n) is 5.45. The Labute approximate surface area is 127 Å². The highest BCUT2D eigenvalue weighted by Gasteiger charge is 2.32. The Hall–Kier alpha value is -2.15. The van der Waals surface area contributed by atoms with Crippen LogP contribution in [0.1, 0.15) is 6.42 Å². The SMILES string of the molecule is O=C1CCN(c2ccc(N3CC(CO)OC3=O)cc2)CC1F. The number of carbonyl (C=O) groups is 2. The molecule has 3 rings (SSSR count). The lowest BCUT2D eigenvalue weighted by Crippen LogP contribution is -2.42. The molecule has 0 bridgehead atoms. The first-order chi connectivity index (χ1) is 10.6. The third-order valence-corrected chi connectivity index (χ3v) is 3.96. The van der Waals surface area contributed by atoms with E-state index in [1.54, 1.807) is 24.3 Å². The maximum absolute atomic E-state index is 13.5. The number of benzene rings is 1. The lowest BCUT2D eigenvalue weighted by molar-refractivity contribution is -0.124. The van der Waals surface area contributed by atoms with Crippen LogP contribution < -0.4 is 9.80 Å². The van der Waals surface area contributed by atoms with Crippen molar-refractivity contribution in [3.63, 3.8) is 0 Å². The summed E-state index contributed by atoms with van der Waals surface area (Å²) in [5, 5.41) is 9.04. The minimum Gasteiger partial charge on any atom is -0.441 e. The molecule has 0 radical (unpaired) electrons. The Kier molecular flexibility index (Phi) is 3.98. The maximum atomic E-state index is 13.5. The Morgan fingerprint density at radius 1 is 1.18 bits per heavy atom. The number of alkyl halides is 1. The third-order valence-electron chi connectivity index (χ3n) is 3.96. The number of carbonyl (C=O) groups excluding carboxylic acids is 2. The van der Waals surface area contributed by atoms with Crippen molar-refractivity contribution in [1.29, 1.82) is 0 Å². The summed E-state index contributed by atoms with van der Waals surface area (Å²) in [4.78, 5) is 26.2. The van der Waals surface area contributed by atoms with E-state index in [9.17, 15) is 14.0 Å². The van der Waals surface area contributed by atoms with Crippen molar-refractivity contribution in [1.82, 2.24) is 0 Å². The van der Waals surface area contributed by atoms with Crippen LogP contribution in [-0.4, -0.2) is 55.5 Å². The highest BCUT2D eigenvalue weighted by molar-refractivity contribution is 5.90. The predicted molar refractivity (Wildman–Crippen MR) is 77.9 cm³/mol. The lowest BCUT2D eigenvalue weighted by atomic mass is 10.1. The molecule has 22 heavy (non-hydrogen) atoms. The molecule has 6 nitrogen and oxygen atoms in total. The molecule has 2 aliphatic heterocycles. The number of aliphatic hydroxyl groups is 1. The van der Waals surface area contributed by atoms with Gasteiger partial charge in [0.1, 0.15) is 6.10 Å². The van der Waals surface area contributed by atoms with Gasteiger partial charge in [-0.05, 0) is 24.3 Å². The lowest BCUT2D eigenvalue weighted by Gasteiger charge is -2.30. The molecule has 2 atom stereocenters. The van der Waals surface area contributed by atoms with Crippen molar-refractivity contribution >= 4 is 23.3 Å². The molecule has 0 aromatic heterocycles. The molecule has 2 fully saturated rings. The van der Waals surface area contributed by atoms with Crippen LogP contribution >= 0.6 is 0 Å². The van der Waals surface area contributed by atoms with Gasteiger partial charge in [0, 0.05) is 24.3 Å². The van der Waals surface area contributed by atoms with Gasteiger partial charge in [-0.3, -0.25) is 9.69 Å². The van der Waals surface area contributed by atoms with Gasteiger partial charge in [0.2, 0.25) is 0 Å². The van der Waals surface area contributed by atoms with Gasteiger partial charge in [0.25, 0.3) is 0 Å². The van der Waals surface area contributed by atoms with E-state index in [0.29, 0.717) is 18.8 Å². The molecule has 7 heteroatoms. The van der Waals surface area contributed by atoms with Crippen molar-refractivity contribution in [3.05, 3.63) is 24.3 Å². The minimum atomic E-state index is -1.44.